The summed E-state index contributed by atoms with van der Waals surface area (Å²) in [5.74, 6) is -1.14. The van der Waals surface area contributed by atoms with E-state index in [9.17, 15) is 9.59 Å². The monoisotopic (exact) mass is 316 g/mol. The second kappa shape index (κ2) is 7.61. The minimum atomic E-state index is -1.05. The third-order valence-corrected chi connectivity index (χ3v) is 3.99. The Morgan fingerprint density at radius 2 is 1.95 bits per heavy atom. The topological polar surface area (TPSA) is 79.3 Å². The van der Waals surface area contributed by atoms with Crippen LogP contribution in [0.5, 0.6) is 0 Å². The Morgan fingerprint density at radius 1 is 1.23 bits per heavy atom. The van der Waals surface area contributed by atoms with Crippen molar-refractivity contribution in [2.24, 2.45) is 0 Å². The molecule has 2 rings (SSSR count). The van der Waals surface area contributed by atoms with Gasteiger partial charge in [0.25, 0.3) is 0 Å². The summed E-state index contributed by atoms with van der Waals surface area (Å²) < 4.78 is 0. The Labute approximate surface area is 132 Å². The number of benzene rings is 1. The van der Waals surface area contributed by atoms with Gasteiger partial charge in [0.2, 0.25) is 5.91 Å². The minimum absolute atomic E-state index is 0.104. The number of rotatable bonds is 6. The van der Waals surface area contributed by atoms with Crippen molar-refractivity contribution < 1.29 is 14.7 Å². The summed E-state index contributed by atoms with van der Waals surface area (Å²) in [6, 6.07) is 10.7. The summed E-state index contributed by atoms with van der Waals surface area (Å²) in [5, 5.41) is 12.2. The second-order valence-corrected chi connectivity index (χ2v) is 5.51. The summed E-state index contributed by atoms with van der Waals surface area (Å²) in [5.41, 5.74) is 2.03. The van der Waals surface area contributed by atoms with E-state index in [1.54, 1.807) is 6.07 Å². The Hall–Kier alpha value is -2.34. The van der Waals surface area contributed by atoms with Gasteiger partial charge in [0.05, 0.1) is 11.3 Å². The van der Waals surface area contributed by atoms with Crippen LogP contribution in [0.1, 0.15) is 22.8 Å². The summed E-state index contributed by atoms with van der Waals surface area (Å²) in [7, 11) is 0. The second-order valence-electron chi connectivity index (χ2n) is 4.55. The number of hydrogen-bond acceptors (Lipinski definition) is 4. The number of carbonyl (C=O) groups excluding carboxylic acids is 1. The molecule has 0 fully saturated rings. The quantitative estimate of drug-likeness (QED) is 0.801. The Balaban J connectivity index is 1.94. The fourth-order valence-corrected chi connectivity index (χ4v) is 2.61. The van der Waals surface area contributed by atoms with Crippen LogP contribution < -0.4 is 5.32 Å². The summed E-state index contributed by atoms with van der Waals surface area (Å²) in [6.07, 6.45) is 2.46. The first-order valence-corrected chi connectivity index (χ1v) is 7.78. The van der Waals surface area contributed by atoms with Crippen molar-refractivity contribution in [2.75, 3.05) is 11.1 Å². The molecule has 0 atom stereocenters. The van der Waals surface area contributed by atoms with Gasteiger partial charge in [-0.25, -0.2) is 9.78 Å². The van der Waals surface area contributed by atoms with E-state index in [4.69, 9.17) is 5.11 Å². The van der Waals surface area contributed by atoms with Gasteiger partial charge in [-0.2, -0.15) is 0 Å². The largest absolute Gasteiger partial charge is 0.478 e. The van der Waals surface area contributed by atoms with Crippen molar-refractivity contribution in [3.63, 3.8) is 0 Å². The molecule has 0 aliphatic heterocycles. The molecule has 2 N–H and O–H groups in total. The van der Waals surface area contributed by atoms with Crippen molar-refractivity contribution in [3.05, 3.63) is 53.7 Å². The molecule has 0 unspecified atom stereocenters. The van der Waals surface area contributed by atoms with Crippen molar-refractivity contribution in [3.8, 4) is 0 Å². The molecule has 1 aromatic heterocycles. The normalized spacial score (nSPS) is 10.2. The lowest BCUT2D eigenvalue weighted by Crippen LogP contribution is -2.14. The first-order chi connectivity index (χ1) is 10.6. The first-order valence-electron chi connectivity index (χ1n) is 6.80. The Kier molecular flexibility index (Phi) is 5.55. The molecule has 0 aliphatic rings. The molecule has 22 heavy (non-hydrogen) atoms. The maximum Gasteiger partial charge on any atom is 0.338 e. The van der Waals surface area contributed by atoms with E-state index in [1.165, 1.54) is 17.8 Å². The number of anilines is 1. The highest BCUT2D eigenvalue weighted by Crippen LogP contribution is 2.20. The summed E-state index contributed by atoms with van der Waals surface area (Å²) >= 11 is 1.11. The van der Waals surface area contributed by atoms with Crippen molar-refractivity contribution in [1.29, 1.82) is 0 Å². The smallest absolute Gasteiger partial charge is 0.338 e. The highest BCUT2D eigenvalue weighted by atomic mass is 32.2. The molecule has 0 aliphatic carbocycles. The SMILES string of the molecule is CCc1ccc(NC(=O)CSc2ncccc2C(=O)O)cc1. The van der Waals surface area contributed by atoms with E-state index in [0.717, 1.165) is 23.9 Å². The molecule has 6 heteroatoms. The van der Waals surface area contributed by atoms with Crippen LogP contribution in [0, 0.1) is 0 Å². The number of aromatic nitrogens is 1. The van der Waals surface area contributed by atoms with Crippen molar-refractivity contribution >= 4 is 29.3 Å². The summed E-state index contributed by atoms with van der Waals surface area (Å²) in [4.78, 5) is 27.0. The fourth-order valence-electron chi connectivity index (χ4n) is 1.82. The molecule has 0 spiro atoms. The Morgan fingerprint density at radius 3 is 2.59 bits per heavy atom. The van der Waals surface area contributed by atoms with Gasteiger partial charge >= 0.3 is 5.97 Å². The fraction of sp³-hybridized carbons (Fsp3) is 0.188. The lowest BCUT2D eigenvalue weighted by Gasteiger charge is -2.07. The molecule has 1 heterocycles. The van der Waals surface area contributed by atoms with Crippen LogP contribution in [-0.4, -0.2) is 27.7 Å². The number of hydrogen-bond donors (Lipinski definition) is 2. The molecule has 0 saturated heterocycles. The molecule has 0 radical (unpaired) electrons. The van der Waals surface area contributed by atoms with Crippen molar-refractivity contribution in [2.45, 2.75) is 18.4 Å². The van der Waals surface area contributed by atoms with Gasteiger partial charge < -0.3 is 10.4 Å². The van der Waals surface area contributed by atoms with E-state index in [2.05, 4.69) is 17.2 Å². The number of carboxylic acids is 1. The first kappa shape index (κ1) is 16.0. The molecule has 0 bridgehead atoms. The molecule has 2 aromatic rings. The van der Waals surface area contributed by atoms with E-state index < -0.39 is 5.97 Å². The van der Waals surface area contributed by atoms with Gasteiger partial charge in [-0.1, -0.05) is 30.8 Å². The molecule has 1 aromatic carbocycles. The number of carbonyl (C=O) groups is 2. The highest BCUT2D eigenvalue weighted by Gasteiger charge is 2.12. The standard InChI is InChI=1S/C16H16N2O3S/c1-2-11-5-7-12(8-6-11)18-14(19)10-22-15-13(16(20)21)4-3-9-17-15/h3-9H,2,10H2,1H3,(H,18,19)(H,20,21). The van der Waals surface area contributed by atoms with Gasteiger partial charge in [-0.05, 0) is 36.2 Å². The number of amides is 1. The molecule has 5 nitrogen and oxygen atoms in total. The van der Waals surface area contributed by atoms with Crippen LogP contribution in [0.2, 0.25) is 0 Å². The van der Waals surface area contributed by atoms with E-state index in [0.29, 0.717) is 5.03 Å². The number of carboxylic acid groups (broad SMARTS) is 1. The third-order valence-electron chi connectivity index (χ3n) is 2.99. The zero-order valence-electron chi connectivity index (χ0n) is 12.1. The Bertz CT molecular complexity index is 671. The zero-order chi connectivity index (χ0) is 15.9. The number of nitrogens with zero attached hydrogens (tertiary/aromatic N) is 1. The molecular formula is C16H16N2O3S. The van der Waals surface area contributed by atoms with E-state index >= 15 is 0 Å². The van der Waals surface area contributed by atoms with E-state index in [1.807, 2.05) is 24.3 Å². The lowest BCUT2D eigenvalue weighted by molar-refractivity contribution is -0.113. The molecule has 114 valence electrons. The average Bonchev–Trinajstić information content (AvgIpc) is 2.54. The number of pyridine rings is 1. The maximum absolute atomic E-state index is 11.9. The van der Waals surface area contributed by atoms with Gasteiger partial charge in [-0.15, -0.1) is 0 Å². The van der Waals surface area contributed by atoms with Crippen LogP contribution >= 0.6 is 11.8 Å². The average molecular weight is 316 g/mol. The highest BCUT2D eigenvalue weighted by molar-refractivity contribution is 8.00. The predicted molar refractivity (Wildman–Crippen MR) is 86.4 cm³/mol. The zero-order valence-corrected chi connectivity index (χ0v) is 12.9. The summed E-state index contributed by atoms with van der Waals surface area (Å²) in [6.45, 7) is 2.07. The van der Waals surface area contributed by atoms with Gasteiger partial charge in [0.1, 0.15) is 5.03 Å². The number of aryl methyl sites for hydroxylation is 1. The number of nitrogens with one attached hydrogen (secondary N) is 1. The molecular weight excluding hydrogens is 300 g/mol. The van der Waals surface area contributed by atoms with Crippen LogP contribution in [0.3, 0.4) is 0 Å². The van der Waals surface area contributed by atoms with Crippen molar-refractivity contribution in [1.82, 2.24) is 4.98 Å². The molecule has 1 amide bonds. The van der Waals surface area contributed by atoms with Gasteiger partial charge in [-0.3, -0.25) is 4.79 Å². The van der Waals surface area contributed by atoms with Crippen LogP contribution in [0.4, 0.5) is 5.69 Å². The number of thioether (sulfide) groups is 1. The van der Waals surface area contributed by atoms with Crippen LogP contribution in [-0.2, 0) is 11.2 Å². The number of aromatic carboxylic acids is 1. The van der Waals surface area contributed by atoms with Crippen LogP contribution in [0.15, 0.2) is 47.6 Å². The maximum atomic E-state index is 11.9. The van der Waals surface area contributed by atoms with Crippen LogP contribution in [0.25, 0.3) is 0 Å². The minimum Gasteiger partial charge on any atom is -0.478 e. The lowest BCUT2D eigenvalue weighted by atomic mass is 10.1. The van der Waals surface area contributed by atoms with Gasteiger partial charge in [0, 0.05) is 11.9 Å². The van der Waals surface area contributed by atoms with Gasteiger partial charge in [0.15, 0.2) is 0 Å². The third kappa shape index (κ3) is 4.33. The molecule has 0 saturated carbocycles. The predicted octanol–water partition coefficient (Wildman–Crippen LogP) is 3.07. The van der Waals surface area contributed by atoms with E-state index in [-0.39, 0.29) is 17.2 Å².